The molecule has 0 aromatic heterocycles. The first-order valence-corrected chi connectivity index (χ1v) is 9.78. The van der Waals surface area contributed by atoms with E-state index < -0.39 is 9.84 Å². The van der Waals surface area contributed by atoms with E-state index in [9.17, 15) is 13.2 Å². The molecule has 23 heavy (non-hydrogen) atoms. The Bertz CT molecular complexity index is 649. The molecule has 5 nitrogen and oxygen atoms in total. The first kappa shape index (κ1) is 17.8. The van der Waals surface area contributed by atoms with Crippen LogP contribution in [-0.4, -0.2) is 26.7 Å². The molecule has 0 bridgehead atoms. The molecule has 1 aliphatic rings. The van der Waals surface area contributed by atoms with E-state index in [1.165, 1.54) is 12.8 Å². The Balaban J connectivity index is 1.84. The lowest BCUT2D eigenvalue weighted by Gasteiger charge is -2.16. The van der Waals surface area contributed by atoms with Crippen LogP contribution in [0.2, 0.25) is 0 Å². The third kappa shape index (κ3) is 4.96. The molecule has 1 fully saturated rings. The van der Waals surface area contributed by atoms with Gasteiger partial charge >= 0.3 is 6.03 Å². The fourth-order valence-corrected chi connectivity index (χ4v) is 3.29. The van der Waals surface area contributed by atoms with Crippen LogP contribution >= 0.6 is 0 Å². The first-order valence-electron chi connectivity index (χ1n) is 8.13. The highest BCUT2D eigenvalue weighted by Crippen LogP contribution is 2.47. The molecular formula is C17H26N2O3S. The van der Waals surface area contributed by atoms with Crippen molar-refractivity contribution in [3.8, 4) is 0 Å². The molecule has 0 saturated heterocycles. The van der Waals surface area contributed by atoms with Crippen molar-refractivity contribution in [2.24, 2.45) is 5.41 Å². The van der Waals surface area contributed by atoms with Gasteiger partial charge in [-0.2, -0.15) is 0 Å². The summed E-state index contributed by atoms with van der Waals surface area (Å²) in [7, 11) is -3.18. The summed E-state index contributed by atoms with van der Waals surface area (Å²) in [6, 6.07) is 6.32. The van der Waals surface area contributed by atoms with Gasteiger partial charge in [-0.3, -0.25) is 0 Å². The van der Waals surface area contributed by atoms with Crippen LogP contribution < -0.4 is 10.6 Å². The number of hydrogen-bond acceptors (Lipinski definition) is 3. The Kier molecular flexibility index (Phi) is 5.34. The molecule has 128 valence electrons. The van der Waals surface area contributed by atoms with Gasteiger partial charge in [0.25, 0.3) is 0 Å². The lowest BCUT2D eigenvalue weighted by Crippen LogP contribution is -2.38. The minimum atomic E-state index is -3.18. The molecule has 1 aliphatic carbocycles. The lowest BCUT2D eigenvalue weighted by atomic mass is 10.1. The number of sulfone groups is 1. The Morgan fingerprint density at radius 2 is 1.87 bits per heavy atom. The summed E-state index contributed by atoms with van der Waals surface area (Å²) in [4.78, 5) is 12.2. The predicted molar refractivity (Wildman–Crippen MR) is 91.1 cm³/mol. The number of benzene rings is 1. The maximum Gasteiger partial charge on any atom is 0.315 e. The Morgan fingerprint density at radius 3 is 2.39 bits per heavy atom. The second-order valence-corrected chi connectivity index (χ2v) is 8.93. The zero-order valence-corrected chi connectivity index (χ0v) is 14.9. The van der Waals surface area contributed by atoms with Crippen LogP contribution in [0.5, 0.6) is 0 Å². The van der Waals surface area contributed by atoms with E-state index in [1.54, 1.807) is 31.2 Å². The molecule has 1 aromatic carbocycles. The summed E-state index contributed by atoms with van der Waals surface area (Å²) in [6.45, 7) is 6.43. The average Bonchev–Trinajstić information content (AvgIpc) is 3.25. The van der Waals surface area contributed by atoms with Crippen LogP contribution in [0.25, 0.3) is 0 Å². The minimum Gasteiger partial charge on any atom is -0.338 e. The molecule has 2 rings (SSSR count). The highest BCUT2D eigenvalue weighted by Gasteiger charge is 2.36. The number of urea groups is 1. The van der Waals surface area contributed by atoms with Gasteiger partial charge in [0.15, 0.2) is 9.84 Å². The van der Waals surface area contributed by atoms with E-state index in [1.807, 2.05) is 6.92 Å². The van der Waals surface area contributed by atoms with Crippen molar-refractivity contribution in [1.29, 1.82) is 0 Å². The number of hydrogen-bond donors (Lipinski definition) is 2. The topological polar surface area (TPSA) is 75.3 Å². The van der Waals surface area contributed by atoms with Crippen molar-refractivity contribution in [2.45, 2.75) is 51.0 Å². The maximum absolute atomic E-state index is 11.9. The van der Waals surface area contributed by atoms with Crippen LogP contribution in [0.1, 0.15) is 51.6 Å². The van der Waals surface area contributed by atoms with E-state index in [2.05, 4.69) is 17.6 Å². The molecule has 0 heterocycles. The van der Waals surface area contributed by atoms with Crippen molar-refractivity contribution in [1.82, 2.24) is 10.6 Å². The number of amides is 2. The molecule has 0 aliphatic heterocycles. The minimum absolute atomic E-state index is 0.0848. The fourth-order valence-electron chi connectivity index (χ4n) is 2.40. The van der Waals surface area contributed by atoms with E-state index in [-0.39, 0.29) is 17.8 Å². The zero-order valence-electron chi connectivity index (χ0n) is 14.1. The van der Waals surface area contributed by atoms with Gasteiger partial charge in [-0.05, 0) is 49.3 Å². The Morgan fingerprint density at radius 1 is 1.26 bits per heavy atom. The second-order valence-electron chi connectivity index (χ2n) is 6.66. The van der Waals surface area contributed by atoms with Gasteiger partial charge in [0.2, 0.25) is 0 Å². The highest BCUT2D eigenvalue weighted by molar-refractivity contribution is 7.91. The molecule has 0 spiro atoms. The third-order valence-corrected chi connectivity index (χ3v) is 6.33. The van der Waals surface area contributed by atoms with E-state index >= 15 is 0 Å². The van der Waals surface area contributed by atoms with Crippen molar-refractivity contribution in [2.75, 3.05) is 12.3 Å². The van der Waals surface area contributed by atoms with Crippen LogP contribution in [0.4, 0.5) is 4.79 Å². The predicted octanol–water partition coefficient (Wildman–Crippen LogP) is 3.03. The molecule has 2 amide bonds. The largest absolute Gasteiger partial charge is 0.338 e. The Labute approximate surface area is 138 Å². The summed E-state index contributed by atoms with van der Waals surface area (Å²) in [6.07, 6.45) is 3.51. The summed E-state index contributed by atoms with van der Waals surface area (Å²) in [5, 5.41) is 5.75. The summed E-state index contributed by atoms with van der Waals surface area (Å²) >= 11 is 0. The molecule has 1 atom stereocenters. The molecule has 0 unspecified atom stereocenters. The third-order valence-electron chi connectivity index (χ3n) is 4.58. The first-order chi connectivity index (χ1) is 10.8. The summed E-state index contributed by atoms with van der Waals surface area (Å²) < 4.78 is 23.6. The quantitative estimate of drug-likeness (QED) is 0.802. The monoisotopic (exact) mass is 338 g/mol. The van der Waals surface area contributed by atoms with Crippen molar-refractivity contribution in [3.05, 3.63) is 29.8 Å². The number of carbonyl (C=O) groups excluding carboxylic acids is 1. The van der Waals surface area contributed by atoms with E-state index in [0.717, 1.165) is 12.0 Å². The van der Waals surface area contributed by atoms with Crippen LogP contribution in [0.3, 0.4) is 0 Å². The van der Waals surface area contributed by atoms with E-state index in [0.29, 0.717) is 16.9 Å². The van der Waals surface area contributed by atoms with Gasteiger partial charge in [-0.15, -0.1) is 0 Å². The molecule has 2 N–H and O–H groups in total. The number of carbonyl (C=O) groups is 1. The molecule has 6 heteroatoms. The molecule has 0 radical (unpaired) electrons. The fraction of sp³-hybridized carbons (Fsp3) is 0.588. The standard InChI is InChI=1S/C17H26N2O3S/c1-4-23(21,22)15-7-5-14(6-8-15)13(2)19-16(20)18-12-11-17(3)9-10-17/h5-8,13H,4,9-12H2,1-3H3,(H2,18,19,20)/t13-/m0/s1. The smallest absolute Gasteiger partial charge is 0.315 e. The van der Waals surface area contributed by atoms with Gasteiger partial charge in [-0.1, -0.05) is 26.0 Å². The average molecular weight is 338 g/mol. The molecular weight excluding hydrogens is 312 g/mol. The lowest BCUT2D eigenvalue weighted by molar-refractivity contribution is 0.237. The summed E-state index contributed by atoms with van der Waals surface area (Å²) in [5.41, 5.74) is 1.31. The van der Waals surface area contributed by atoms with E-state index in [4.69, 9.17) is 0 Å². The maximum atomic E-state index is 11.9. The van der Waals surface area contributed by atoms with Crippen LogP contribution in [-0.2, 0) is 9.84 Å². The van der Waals surface area contributed by atoms with Gasteiger partial charge in [-0.25, -0.2) is 13.2 Å². The van der Waals surface area contributed by atoms with Gasteiger partial charge in [0, 0.05) is 6.54 Å². The normalized spacial score (nSPS) is 17.3. The highest BCUT2D eigenvalue weighted by atomic mass is 32.2. The Hall–Kier alpha value is -1.56. The van der Waals surface area contributed by atoms with Crippen molar-refractivity contribution >= 4 is 15.9 Å². The van der Waals surface area contributed by atoms with Crippen LogP contribution in [0.15, 0.2) is 29.2 Å². The molecule has 1 saturated carbocycles. The molecule has 1 aromatic rings. The second kappa shape index (κ2) is 6.91. The van der Waals surface area contributed by atoms with Gasteiger partial charge in [0.1, 0.15) is 0 Å². The number of rotatable bonds is 7. The van der Waals surface area contributed by atoms with Gasteiger partial charge in [0.05, 0.1) is 16.7 Å². The van der Waals surface area contributed by atoms with Crippen molar-refractivity contribution in [3.63, 3.8) is 0 Å². The number of nitrogens with one attached hydrogen (secondary N) is 2. The van der Waals surface area contributed by atoms with Gasteiger partial charge < -0.3 is 10.6 Å². The zero-order chi connectivity index (χ0) is 17.1. The van der Waals surface area contributed by atoms with Crippen molar-refractivity contribution < 1.29 is 13.2 Å². The SMILES string of the molecule is CCS(=O)(=O)c1ccc([C@H](C)NC(=O)NCCC2(C)CC2)cc1. The summed E-state index contributed by atoms with van der Waals surface area (Å²) in [5.74, 6) is 0.0848. The van der Waals surface area contributed by atoms with Crippen LogP contribution in [0, 0.1) is 5.41 Å².